The van der Waals surface area contributed by atoms with Gasteiger partial charge in [0.2, 0.25) is 0 Å². The van der Waals surface area contributed by atoms with Gasteiger partial charge in [0.05, 0.1) is 0 Å². The van der Waals surface area contributed by atoms with Gasteiger partial charge in [-0.25, -0.2) is 4.39 Å². The monoisotopic (exact) mass is 140 g/mol. The molecule has 56 valence electrons. The van der Waals surface area contributed by atoms with E-state index in [0.717, 1.165) is 12.8 Å². The first kappa shape index (κ1) is 7.52. The fraction of sp³-hybridized carbons (Fsp3) is 0.556. The predicted molar refractivity (Wildman–Crippen MR) is 41.3 cm³/mol. The molecule has 0 radical (unpaired) electrons. The molecular weight excluding hydrogens is 127 g/mol. The molecule has 1 rings (SSSR count). The van der Waals surface area contributed by atoms with Crippen molar-refractivity contribution in [3.8, 4) is 0 Å². The van der Waals surface area contributed by atoms with Crippen LogP contribution in [0.2, 0.25) is 0 Å². The van der Waals surface area contributed by atoms with E-state index >= 15 is 0 Å². The van der Waals surface area contributed by atoms with Crippen molar-refractivity contribution in [3.63, 3.8) is 0 Å². The van der Waals surface area contributed by atoms with E-state index in [2.05, 4.69) is 0 Å². The number of rotatable bonds is 1. The Morgan fingerprint density at radius 2 is 2.40 bits per heavy atom. The average molecular weight is 140 g/mol. The molecular formula is C9H13F. The lowest BCUT2D eigenvalue weighted by molar-refractivity contribution is 0.304. The summed E-state index contributed by atoms with van der Waals surface area (Å²) >= 11 is 0. The maximum absolute atomic E-state index is 13.0. The molecule has 0 spiro atoms. The highest BCUT2D eigenvalue weighted by Gasteiger charge is 2.27. The van der Waals surface area contributed by atoms with E-state index in [1.807, 2.05) is 19.9 Å². The van der Waals surface area contributed by atoms with Crippen LogP contribution in [0.25, 0.3) is 0 Å². The van der Waals surface area contributed by atoms with Crippen molar-refractivity contribution in [2.45, 2.75) is 26.7 Å². The van der Waals surface area contributed by atoms with Crippen LogP contribution in [0.5, 0.6) is 0 Å². The lowest BCUT2D eigenvalue weighted by Crippen LogP contribution is -2.16. The Kier molecular flexibility index (Phi) is 1.93. The topological polar surface area (TPSA) is 0 Å². The van der Waals surface area contributed by atoms with Crippen LogP contribution < -0.4 is 0 Å². The fourth-order valence-electron chi connectivity index (χ4n) is 1.09. The quantitative estimate of drug-likeness (QED) is 0.524. The summed E-state index contributed by atoms with van der Waals surface area (Å²) in [6.45, 7) is 3.98. The van der Waals surface area contributed by atoms with Crippen LogP contribution in [0.3, 0.4) is 0 Å². The summed E-state index contributed by atoms with van der Waals surface area (Å²) in [5, 5.41) is 0. The van der Waals surface area contributed by atoms with E-state index in [1.165, 1.54) is 0 Å². The Labute approximate surface area is 61.4 Å². The van der Waals surface area contributed by atoms with Crippen LogP contribution >= 0.6 is 0 Å². The first-order valence-electron chi connectivity index (χ1n) is 3.72. The second-order valence-corrected chi connectivity index (χ2v) is 3.06. The van der Waals surface area contributed by atoms with Crippen molar-refractivity contribution in [1.29, 1.82) is 0 Å². The highest BCUT2D eigenvalue weighted by Crippen LogP contribution is 2.37. The number of hydrogen-bond donors (Lipinski definition) is 0. The van der Waals surface area contributed by atoms with E-state index in [0.29, 0.717) is 0 Å². The summed E-state index contributed by atoms with van der Waals surface area (Å²) in [5.41, 5.74) is -0.214. The normalized spacial score (nSPS) is 32.1. The third kappa shape index (κ3) is 1.13. The lowest BCUT2D eigenvalue weighted by Gasteiger charge is -2.26. The summed E-state index contributed by atoms with van der Waals surface area (Å²) in [7, 11) is 0. The van der Waals surface area contributed by atoms with Crippen LogP contribution in [0.15, 0.2) is 24.1 Å². The largest absolute Gasteiger partial charge is 0.211 e. The standard InChI is InChI=1S/C9H13F/c1-3-9(2)7-5-4-6-8(9)10/h4-6H,3,7H2,1-2H3. The van der Waals surface area contributed by atoms with Gasteiger partial charge in [-0.05, 0) is 18.9 Å². The predicted octanol–water partition coefficient (Wildman–Crippen LogP) is 3.22. The summed E-state index contributed by atoms with van der Waals surface area (Å²) in [4.78, 5) is 0. The Balaban J connectivity index is 2.81. The van der Waals surface area contributed by atoms with E-state index in [9.17, 15) is 4.39 Å². The van der Waals surface area contributed by atoms with Crippen LogP contribution in [0.1, 0.15) is 26.7 Å². The molecule has 0 fully saturated rings. The van der Waals surface area contributed by atoms with Gasteiger partial charge in [-0.2, -0.15) is 0 Å². The van der Waals surface area contributed by atoms with Gasteiger partial charge in [0.25, 0.3) is 0 Å². The smallest absolute Gasteiger partial charge is 0.106 e. The van der Waals surface area contributed by atoms with Crippen molar-refractivity contribution < 1.29 is 4.39 Å². The third-order valence-corrected chi connectivity index (χ3v) is 2.30. The Hall–Kier alpha value is -0.590. The van der Waals surface area contributed by atoms with Gasteiger partial charge in [-0.1, -0.05) is 26.0 Å². The molecule has 1 unspecified atom stereocenters. The fourth-order valence-corrected chi connectivity index (χ4v) is 1.09. The minimum Gasteiger partial charge on any atom is -0.211 e. The van der Waals surface area contributed by atoms with Crippen LogP contribution in [-0.4, -0.2) is 0 Å². The summed E-state index contributed by atoms with van der Waals surface area (Å²) < 4.78 is 13.0. The molecule has 0 nitrogen and oxygen atoms in total. The van der Waals surface area contributed by atoms with Crippen LogP contribution in [-0.2, 0) is 0 Å². The maximum Gasteiger partial charge on any atom is 0.106 e. The van der Waals surface area contributed by atoms with Gasteiger partial charge in [-0.3, -0.25) is 0 Å². The van der Waals surface area contributed by atoms with Crippen molar-refractivity contribution in [2.24, 2.45) is 5.41 Å². The molecule has 1 atom stereocenters. The summed E-state index contributed by atoms with van der Waals surface area (Å²) in [6.07, 6.45) is 7.08. The SMILES string of the molecule is CCC1(C)CC=CC=C1F. The van der Waals surface area contributed by atoms with E-state index < -0.39 is 0 Å². The zero-order valence-electron chi connectivity index (χ0n) is 6.52. The van der Waals surface area contributed by atoms with Gasteiger partial charge in [-0.15, -0.1) is 0 Å². The molecule has 1 heteroatoms. The molecule has 1 aliphatic carbocycles. The molecule has 0 amide bonds. The molecule has 0 aliphatic heterocycles. The second kappa shape index (κ2) is 2.57. The van der Waals surface area contributed by atoms with Gasteiger partial charge in [0, 0.05) is 5.41 Å². The lowest BCUT2D eigenvalue weighted by atomic mass is 9.80. The minimum atomic E-state index is -0.214. The van der Waals surface area contributed by atoms with Crippen molar-refractivity contribution >= 4 is 0 Å². The minimum absolute atomic E-state index is 0.0255. The zero-order valence-corrected chi connectivity index (χ0v) is 6.52. The third-order valence-electron chi connectivity index (χ3n) is 2.30. The van der Waals surface area contributed by atoms with E-state index in [1.54, 1.807) is 12.2 Å². The molecule has 1 aliphatic rings. The number of halogens is 1. The Bertz CT molecular complexity index is 179. The first-order chi connectivity index (χ1) is 4.69. The van der Waals surface area contributed by atoms with E-state index in [4.69, 9.17) is 0 Å². The highest BCUT2D eigenvalue weighted by atomic mass is 19.1. The Morgan fingerprint density at radius 3 is 2.80 bits per heavy atom. The average Bonchev–Trinajstić information content (AvgIpc) is 1.96. The molecule has 0 saturated heterocycles. The molecule has 0 aromatic rings. The molecule has 0 aromatic heterocycles. The second-order valence-electron chi connectivity index (χ2n) is 3.06. The zero-order chi connectivity index (χ0) is 7.61. The first-order valence-corrected chi connectivity index (χ1v) is 3.72. The molecule has 0 bridgehead atoms. The molecule has 0 aromatic carbocycles. The Morgan fingerprint density at radius 1 is 1.70 bits per heavy atom. The van der Waals surface area contributed by atoms with Gasteiger partial charge in [0.1, 0.15) is 5.83 Å². The number of allylic oxidation sites excluding steroid dienone is 4. The maximum atomic E-state index is 13.0. The molecule has 0 heterocycles. The van der Waals surface area contributed by atoms with Crippen molar-refractivity contribution in [1.82, 2.24) is 0 Å². The molecule has 10 heavy (non-hydrogen) atoms. The van der Waals surface area contributed by atoms with E-state index in [-0.39, 0.29) is 11.2 Å². The summed E-state index contributed by atoms with van der Waals surface area (Å²) in [5.74, 6) is 0.0255. The van der Waals surface area contributed by atoms with Gasteiger partial charge < -0.3 is 0 Å². The van der Waals surface area contributed by atoms with Crippen LogP contribution in [0.4, 0.5) is 4.39 Å². The van der Waals surface area contributed by atoms with Gasteiger partial charge >= 0.3 is 0 Å². The van der Waals surface area contributed by atoms with Gasteiger partial charge in [0.15, 0.2) is 0 Å². The molecule has 0 N–H and O–H groups in total. The van der Waals surface area contributed by atoms with Crippen molar-refractivity contribution in [2.75, 3.05) is 0 Å². The number of hydrogen-bond acceptors (Lipinski definition) is 0. The molecule has 0 saturated carbocycles. The highest BCUT2D eigenvalue weighted by molar-refractivity contribution is 5.20. The van der Waals surface area contributed by atoms with Crippen LogP contribution in [0, 0.1) is 5.41 Å². The van der Waals surface area contributed by atoms with Crippen molar-refractivity contribution in [3.05, 3.63) is 24.1 Å². The summed E-state index contributed by atoms with van der Waals surface area (Å²) in [6, 6.07) is 0.